The Morgan fingerprint density at radius 3 is 2.19 bits per heavy atom. The van der Waals surface area contributed by atoms with Gasteiger partial charge in [-0.2, -0.15) is 13.2 Å². The summed E-state index contributed by atoms with van der Waals surface area (Å²) in [5.74, 6) is -0.605. The predicted molar refractivity (Wildman–Crippen MR) is 70.7 cm³/mol. The highest BCUT2D eigenvalue weighted by molar-refractivity contribution is 7.92. The fourth-order valence-electron chi connectivity index (χ4n) is 1.19. The lowest BCUT2D eigenvalue weighted by Gasteiger charge is -2.09. The Labute approximate surface area is 124 Å². The molecule has 1 aromatic rings. The summed E-state index contributed by atoms with van der Waals surface area (Å²) in [5.41, 5.74) is -0.308. The van der Waals surface area contributed by atoms with Crippen molar-refractivity contribution < 1.29 is 30.7 Å². The van der Waals surface area contributed by atoms with Crippen molar-refractivity contribution in [3.05, 3.63) is 36.2 Å². The van der Waals surface area contributed by atoms with E-state index in [0.717, 1.165) is 30.3 Å². The average molecular weight is 350 g/mol. The zero-order valence-corrected chi connectivity index (χ0v) is 12.1. The zero-order valence-electron chi connectivity index (χ0n) is 10.4. The fraction of sp³-hybridized carbons (Fsp3) is 0.273. The summed E-state index contributed by atoms with van der Waals surface area (Å²) in [6.45, 7) is -0.458. The Balaban J connectivity index is 0.00000400. The number of ether oxygens (including phenoxy) is 1. The van der Waals surface area contributed by atoms with Crippen LogP contribution in [0.25, 0.3) is 0 Å². The molecule has 0 aliphatic rings. The van der Waals surface area contributed by atoms with Crippen LogP contribution in [-0.4, -0.2) is 27.1 Å². The monoisotopic (exact) mass is 349 g/mol. The van der Waals surface area contributed by atoms with E-state index >= 15 is 0 Å². The van der Waals surface area contributed by atoms with Crippen LogP contribution in [0.4, 0.5) is 17.6 Å². The standard InChI is InChI=1S/C11H11F4NO3S.ClH/c12-8(5-6-16)7-19-9-1-3-10(4-2-9)20(17,18)11(13,14)15;/h1-5H,6-7,16H2;1H/b8-5-;. The highest BCUT2D eigenvalue weighted by Gasteiger charge is 2.46. The summed E-state index contributed by atoms with van der Waals surface area (Å²) >= 11 is 0. The molecule has 0 radical (unpaired) electrons. The lowest BCUT2D eigenvalue weighted by molar-refractivity contribution is -0.0436. The molecule has 1 aromatic carbocycles. The molecule has 0 aromatic heterocycles. The Bertz CT molecular complexity index is 584. The minimum absolute atomic E-state index is 0. The minimum Gasteiger partial charge on any atom is -0.487 e. The largest absolute Gasteiger partial charge is 0.501 e. The first-order valence-electron chi connectivity index (χ1n) is 5.27. The van der Waals surface area contributed by atoms with Gasteiger partial charge in [0.05, 0.1) is 4.90 Å². The van der Waals surface area contributed by atoms with Gasteiger partial charge in [-0.25, -0.2) is 12.8 Å². The van der Waals surface area contributed by atoms with Gasteiger partial charge in [-0.05, 0) is 30.3 Å². The van der Waals surface area contributed by atoms with Crippen molar-refractivity contribution in [3.63, 3.8) is 0 Å². The summed E-state index contributed by atoms with van der Waals surface area (Å²) in [6, 6.07) is 3.49. The van der Waals surface area contributed by atoms with Gasteiger partial charge in [0.2, 0.25) is 0 Å². The quantitative estimate of drug-likeness (QED) is 0.830. The van der Waals surface area contributed by atoms with E-state index in [1.54, 1.807) is 0 Å². The van der Waals surface area contributed by atoms with Crippen LogP contribution in [0.2, 0.25) is 0 Å². The maximum Gasteiger partial charge on any atom is 0.501 e. The number of rotatable bonds is 5. The number of benzene rings is 1. The number of alkyl halides is 3. The van der Waals surface area contributed by atoms with E-state index in [-0.39, 0.29) is 24.7 Å². The minimum atomic E-state index is -5.39. The van der Waals surface area contributed by atoms with Crippen molar-refractivity contribution in [1.82, 2.24) is 0 Å². The van der Waals surface area contributed by atoms with Crippen LogP contribution in [-0.2, 0) is 9.84 Å². The SMILES string of the molecule is Cl.NC/C=C(\F)COc1ccc(S(=O)(=O)C(F)(F)F)cc1. The second-order valence-corrected chi connectivity index (χ2v) is 5.54. The van der Waals surface area contributed by atoms with Crippen molar-refractivity contribution in [2.75, 3.05) is 13.2 Å². The molecule has 0 unspecified atom stereocenters. The third kappa shape index (κ3) is 5.18. The van der Waals surface area contributed by atoms with E-state index in [4.69, 9.17) is 10.5 Å². The van der Waals surface area contributed by atoms with E-state index in [0.29, 0.717) is 0 Å². The van der Waals surface area contributed by atoms with E-state index in [1.165, 1.54) is 0 Å². The molecule has 2 N–H and O–H groups in total. The molecule has 0 amide bonds. The van der Waals surface area contributed by atoms with Gasteiger partial charge in [0.1, 0.15) is 18.2 Å². The van der Waals surface area contributed by atoms with Gasteiger partial charge in [0, 0.05) is 6.54 Å². The van der Waals surface area contributed by atoms with E-state index in [2.05, 4.69) is 0 Å². The molecule has 0 saturated heterocycles. The third-order valence-corrected chi connectivity index (χ3v) is 3.66. The highest BCUT2D eigenvalue weighted by Crippen LogP contribution is 2.30. The predicted octanol–water partition coefficient (Wildman–Crippen LogP) is 2.59. The molecule has 0 atom stereocenters. The molecule has 10 heteroatoms. The van der Waals surface area contributed by atoms with Gasteiger partial charge in [-0.1, -0.05) is 0 Å². The highest BCUT2D eigenvalue weighted by atomic mass is 35.5. The molecule has 1 rings (SSSR count). The molecule has 0 fully saturated rings. The molecule has 0 saturated carbocycles. The van der Waals surface area contributed by atoms with Gasteiger partial charge < -0.3 is 10.5 Å². The Kier molecular flexibility index (Phi) is 7.14. The van der Waals surface area contributed by atoms with Crippen molar-refractivity contribution in [2.24, 2.45) is 5.73 Å². The van der Waals surface area contributed by atoms with Crippen LogP contribution in [0.3, 0.4) is 0 Å². The lowest BCUT2D eigenvalue weighted by atomic mass is 10.3. The van der Waals surface area contributed by atoms with Crippen LogP contribution in [0, 0.1) is 0 Å². The zero-order chi connectivity index (χ0) is 15.4. The first kappa shape index (κ1) is 19.7. The van der Waals surface area contributed by atoms with Gasteiger partial charge in [-0.15, -0.1) is 12.4 Å². The lowest BCUT2D eigenvalue weighted by Crippen LogP contribution is -2.23. The van der Waals surface area contributed by atoms with Gasteiger partial charge in [-0.3, -0.25) is 0 Å². The van der Waals surface area contributed by atoms with Gasteiger partial charge in [0.25, 0.3) is 9.84 Å². The number of sulfone groups is 1. The van der Waals surface area contributed by atoms with Gasteiger partial charge >= 0.3 is 5.51 Å². The molecule has 0 aliphatic carbocycles. The average Bonchev–Trinajstić information content (AvgIpc) is 2.36. The molecule has 0 spiro atoms. The van der Waals surface area contributed by atoms with Crippen molar-refractivity contribution in [1.29, 1.82) is 0 Å². The van der Waals surface area contributed by atoms with Crippen molar-refractivity contribution in [2.45, 2.75) is 10.4 Å². The molecular formula is C11H12ClF4NO3S. The summed E-state index contributed by atoms with van der Waals surface area (Å²) < 4.78 is 76.8. The molecule has 0 heterocycles. The first-order chi connectivity index (χ1) is 9.18. The normalized spacial score (nSPS) is 12.7. The Morgan fingerprint density at radius 1 is 1.24 bits per heavy atom. The van der Waals surface area contributed by atoms with Crippen LogP contribution in [0.1, 0.15) is 0 Å². The van der Waals surface area contributed by atoms with Crippen LogP contribution in [0.15, 0.2) is 41.1 Å². The molecule has 21 heavy (non-hydrogen) atoms. The second-order valence-electron chi connectivity index (χ2n) is 3.60. The molecule has 4 nitrogen and oxygen atoms in total. The van der Waals surface area contributed by atoms with Crippen LogP contribution >= 0.6 is 12.4 Å². The summed E-state index contributed by atoms with van der Waals surface area (Å²) in [6.07, 6.45) is 1.07. The second kappa shape index (κ2) is 7.62. The molecule has 0 aliphatic heterocycles. The maximum absolute atomic E-state index is 12.9. The number of nitrogens with two attached hydrogens (primary N) is 1. The van der Waals surface area contributed by atoms with Crippen molar-refractivity contribution in [3.8, 4) is 5.75 Å². The Morgan fingerprint density at radius 2 is 1.76 bits per heavy atom. The Hall–Kier alpha value is -1.32. The first-order valence-corrected chi connectivity index (χ1v) is 6.75. The molecular weight excluding hydrogens is 338 g/mol. The number of hydrogen-bond donors (Lipinski definition) is 1. The maximum atomic E-state index is 12.9. The van der Waals surface area contributed by atoms with Crippen molar-refractivity contribution >= 4 is 22.2 Å². The third-order valence-electron chi connectivity index (χ3n) is 2.15. The summed E-state index contributed by atoms with van der Waals surface area (Å²) in [5, 5.41) is 0. The van der Waals surface area contributed by atoms with Crippen LogP contribution < -0.4 is 10.5 Å². The summed E-state index contributed by atoms with van der Waals surface area (Å²) in [4.78, 5) is -0.907. The summed E-state index contributed by atoms with van der Waals surface area (Å²) in [7, 11) is -5.39. The topological polar surface area (TPSA) is 69.4 Å². The van der Waals surface area contributed by atoms with E-state index in [1.807, 2.05) is 0 Å². The van der Waals surface area contributed by atoms with Crippen LogP contribution in [0.5, 0.6) is 5.75 Å². The number of hydrogen-bond acceptors (Lipinski definition) is 4. The molecule has 0 bridgehead atoms. The fourth-order valence-corrected chi connectivity index (χ4v) is 1.95. The van der Waals surface area contributed by atoms with E-state index < -0.39 is 32.7 Å². The van der Waals surface area contributed by atoms with E-state index in [9.17, 15) is 26.0 Å². The smallest absolute Gasteiger partial charge is 0.487 e. The molecule has 120 valence electrons. The van der Waals surface area contributed by atoms with Gasteiger partial charge in [0.15, 0.2) is 0 Å². The number of halogens is 5.